The van der Waals surface area contributed by atoms with E-state index in [1.807, 2.05) is 0 Å². The van der Waals surface area contributed by atoms with E-state index in [9.17, 15) is 32.4 Å². The summed E-state index contributed by atoms with van der Waals surface area (Å²) in [6.45, 7) is 7.69. The second kappa shape index (κ2) is 14.7. The highest BCUT2D eigenvalue weighted by Crippen LogP contribution is 2.31. The molecule has 250 valence electrons. The average molecular weight is 650 g/mol. The third-order valence-corrected chi connectivity index (χ3v) is 8.41. The molecule has 0 radical (unpaired) electrons. The SMILES string of the molecule is CCOC(=O)C(C)(C)COS(=O)(=O)ON1C(=O)N2C[C@H]1CC[C@H]2C(=O)NC1CCN(C(=O)OCOC(=O)[C@@H](N)C(C)C)CC1. The highest BCUT2D eigenvalue weighted by molar-refractivity contribution is 7.81. The first-order chi connectivity index (χ1) is 20.6. The molecule has 0 saturated carbocycles. The van der Waals surface area contributed by atoms with Crippen molar-refractivity contribution in [1.29, 1.82) is 0 Å². The van der Waals surface area contributed by atoms with Crippen LogP contribution in [0.5, 0.6) is 0 Å². The van der Waals surface area contributed by atoms with Gasteiger partial charge in [-0.2, -0.15) is 13.5 Å². The van der Waals surface area contributed by atoms with Crippen LogP contribution in [0.25, 0.3) is 0 Å². The zero-order valence-electron chi connectivity index (χ0n) is 25.7. The summed E-state index contributed by atoms with van der Waals surface area (Å²) in [4.78, 5) is 65.0. The first-order valence-electron chi connectivity index (χ1n) is 14.6. The number of hydrogen-bond acceptors (Lipinski definition) is 13. The number of hydrogen-bond donors (Lipinski definition) is 2. The molecular weight excluding hydrogens is 606 g/mol. The van der Waals surface area contributed by atoms with Crippen molar-refractivity contribution >= 4 is 40.4 Å². The van der Waals surface area contributed by atoms with Crippen molar-refractivity contribution in [1.82, 2.24) is 20.2 Å². The van der Waals surface area contributed by atoms with E-state index in [4.69, 9.17) is 28.4 Å². The van der Waals surface area contributed by atoms with Crippen LogP contribution in [0, 0.1) is 11.3 Å². The fraction of sp³-hybridized carbons (Fsp3) is 0.808. The molecular formula is C26H43N5O12S. The maximum Gasteiger partial charge on any atom is 0.421 e. The highest BCUT2D eigenvalue weighted by atomic mass is 32.3. The fourth-order valence-corrected chi connectivity index (χ4v) is 5.69. The highest BCUT2D eigenvalue weighted by Gasteiger charge is 2.50. The van der Waals surface area contributed by atoms with E-state index in [1.165, 1.54) is 23.6 Å². The molecule has 0 aromatic heterocycles. The predicted octanol–water partition coefficient (Wildman–Crippen LogP) is 0.239. The Labute approximate surface area is 256 Å². The lowest BCUT2D eigenvalue weighted by Crippen LogP contribution is -2.54. The second-order valence-corrected chi connectivity index (χ2v) is 13.1. The van der Waals surface area contributed by atoms with Gasteiger partial charge in [-0.1, -0.05) is 13.8 Å². The van der Waals surface area contributed by atoms with E-state index in [1.54, 1.807) is 20.8 Å². The molecule has 3 rings (SSSR count). The molecule has 44 heavy (non-hydrogen) atoms. The second-order valence-electron chi connectivity index (χ2n) is 11.9. The van der Waals surface area contributed by atoms with Crippen LogP contribution < -0.4 is 11.1 Å². The standard InChI is InChI=1S/C26H43N5O12S/c1-6-39-23(34)26(4,5)14-42-44(37,38)43-31-18-7-8-19(30(13-18)24(31)35)21(32)28-17-9-11-29(12-10-17)25(36)41-15-40-22(33)20(27)16(2)3/h16-20H,6-15,27H2,1-5H3,(H,28,32)/t18-,19+,20+/m1/s1. The molecule has 0 unspecified atom stereocenters. The maximum atomic E-state index is 13.1. The van der Waals surface area contributed by atoms with E-state index in [0.29, 0.717) is 24.3 Å². The predicted molar refractivity (Wildman–Crippen MR) is 150 cm³/mol. The summed E-state index contributed by atoms with van der Waals surface area (Å²) in [6, 6.07) is -3.34. The summed E-state index contributed by atoms with van der Waals surface area (Å²) in [7, 11) is -4.71. The van der Waals surface area contributed by atoms with Gasteiger partial charge in [0.25, 0.3) is 0 Å². The smallest absolute Gasteiger partial charge is 0.421 e. The van der Waals surface area contributed by atoms with Gasteiger partial charge in [-0.3, -0.25) is 14.4 Å². The normalized spacial score (nSPS) is 21.7. The molecule has 3 atom stereocenters. The van der Waals surface area contributed by atoms with Gasteiger partial charge in [-0.25, -0.2) is 13.8 Å². The summed E-state index contributed by atoms with van der Waals surface area (Å²) < 4.78 is 49.6. The topological polar surface area (TPSA) is 213 Å². The van der Waals surface area contributed by atoms with Gasteiger partial charge in [0.15, 0.2) is 0 Å². The third-order valence-electron chi connectivity index (χ3n) is 7.66. The minimum Gasteiger partial charge on any atom is -0.466 e. The van der Waals surface area contributed by atoms with Crippen LogP contribution in [0.4, 0.5) is 9.59 Å². The van der Waals surface area contributed by atoms with Crippen LogP contribution in [0.15, 0.2) is 0 Å². The number of piperidine rings is 2. The third kappa shape index (κ3) is 8.92. The Morgan fingerprint density at radius 1 is 1.05 bits per heavy atom. The molecule has 4 amide bonds. The number of likely N-dealkylation sites (tertiary alicyclic amines) is 1. The number of amides is 4. The fourth-order valence-electron chi connectivity index (χ4n) is 4.83. The summed E-state index contributed by atoms with van der Waals surface area (Å²) in [5.41, 5.74) is 4.41. The van der Waals surface area contributed by atoms with E-state index in [2.05, 4.69) is 5.32 Å². The van der Waals surface area contributed by atoms with Crippen molar-refractivity contribution in [2.75, 3.05) is 39.6 Å². The lowest BCUT2D eigenvalue weighted by atomic mass is 9.95. The Morgan fingerprint density at radius 2 is 1.70 bits per heavy atom. The molecule has 3 aliphatic heterocycles. The van der Waals surface area contributed by atoms with Gasteiger partial charge in [0.05, 0.1) is 24.7 Å². The zero-order chi connectivity index (χ0) is 32.8. The van der Waals surface area contributed by atoms with Crippen LogP contribution in [-0.2, 0) is 47.5 Å². The van der Waals surface area contributed by atoms with Crippen molar-refractivity contribution in [3.8, 4) is 0 Å². The first-order valence-corrected chi connectivity index (χ1v) is 15.9. The number of carbonyl (C=O) groups is 5. The van der Waals surface area contributed by atoms with Gasteiger partial charge in [-0.05, 0) is 52.4 Å². The molecule has 3 N–H and O–H groups in total. The Kier molecular flexibility index (Phi) is 11.8. The molecule has 3 aliphatic rings. The lowest BCUT2D eigenvalue weighted by molar-refractivity contribution is -0.156. The average Bonchev–Trinajstić information content (AvgIpc) is 3.19. The van der Waals surface area contributed by atoms with Gasteiger partial charge in [-0.15, -0.1) is 4.28 Å². The van der Waals surface area contributed by atoms with E-state index in [-0.39, 0.29) is 44.6 Å². The number of nitrogens with two attached hydrogens (primary N) is 1. The molecule has 0 aromatic carbocycles. The zero-order valence-corrected chi connectivity index (χ0v) is 26.5. The van der Waals surface area contributed by atoms with Gasteiger partial charge in [0.1, 0.15) is 12.1 Å². The number of fused-ring (bicyclic) bond motifs is 2. The number of urea groups is 1. The molecule has 3 fully saturated rings. The van der Waals surface area contributed by atoms with Crippen molar-refractivity contribution in [2.45, 2.75) is 84.5 Å². The number of ether oxygens (including phenoxy) is 3. The van der Waals surface area contributed by atoms with Crippen LogP contribution in [0.1, 0.15) is 60.3 Å². The summed E-state index contributed by atoms with van der Waals surface area (Å²) >= 11 is 0. The summed E-state index contributed by atoms with van der Waals surface area (Å²) in [6.07, 6.45) is 0.777. The summed E-state index contributed by atoms with van der Waals surface area (Å²) in [5, 5.41) is 3.60. The van der Waals surface area contributed by atoms with Crippen molar-refractivity contribution in [3.63, 3.8) is 0 Å². The number of nitrogens with one attached hydrogen (secondary N) is 1. The number of carbonyl (C=O) groups excluding carboxylic acids is 5. The van der Waals surface area contributed by atoms with Gasteiger partial charge in [0, 0.05) is 25.7 Å². The minimum atomic E-state index is -4.71. The largest absolute Gasteiger partial charge is 0.466 e. The van der Waals surface area contributed by atoms with Crippen LogP contribution in [0.3, 0.4) is 0 Å². The number of hydroxylamine groups is 2. The van der Waals surface area contributed by atoms with Gasteiger partial charge < -0.3 is 35.1 Å². The Bertz CT molecular complexity index is 1190. The van der Waals surface area contributed by atoms with Crippen LogP contribution >= 0.6 is 0 Å². The van der Waals surface area contributed by atoms with E-state index < -0.39 is 77.3 Å². The van der Waals surface area contributed by atoms with Gasteiger partial charge in [0.2, 0.25) is 12.7 Å². The van der Waals surface area contributed by atoms with Crippen LogP contribution in [0.2, 0.25) is 0 Å². The molecule has 18 heteroatoms. The molecule has 3 heterocycles. The molecule has 0 aromatic rings. The van der Waals surface area contributed by atoms with E-state index in [0.717, 1.165) is 0 Å². The Hall–Kier alpha value is -3.22. The lowest BCUT2D eigenvalue weighted by Gasteiger charge is -2.34. The van der Waals surface area contributed by atoms with Gasteiger partial charge >= 0.3 is 34.5 Å². The van der Waals surface area contributed by atoms with Crippen molar-refractivity contribution in [3.05, 3.63) is 0 Å². The Balaban J connectivity index is 1.44. The molecule has 0 aliphatic carbocycles. The molecule has 2 bridgehead atoms. The molecule has 17 nitrogen and oxygen atoms in total. The first kappa shape index (κ1) is 35.3. The number of esters is 2. The minimum absolute atomic E-state index is 0.0810. The molecule has 3 saturated heterocycles. The van der Waals surface area contributed by atoms with Crippen molar-refractivity contribution < 1.29 is 55.1 Å². The van der Waals surface area contributed by atoms with E-state index >= 15 is 0 Å². The number of rotatable bonds is 13. The number of nitrogens with zero attached hydrogens (tertiary/aromatic N) is 3. The quantitative estimate of drug-likeness (QED) is 0.202. The van der Waals surface area contributed by atoms with Crippen LogP contribution in [-0.4, -0.2) is 117 Å². The summed E-state index contributed by atoms with van der Waals surface area (Å²) in [5.74, 6) is -1.85. The molecule has 0 spiro atoms. The monoisotopic (exact) mass is 649 g/mol. The Morgan fingerprint density at radius 3 is 2.32 bits per heavy atom. The maximum absolute atomic E-state index is 13.1. The van der Waals surface area contributed by atoms with Crippen molar-refractivity contribution in [2.24, 2.45) is 17.1 Å².